The fourth-order valence-electron chi connectivity index (χ4n) is 4.61. The van der Waals surface area contributed by atoms with Gasteiger partial charge < -0.3 is 24.4 Å². The summed E-state index contributed by atoms with van der Waals surface area (Å²) in [6, 6.07) is 7.88. The maximum Gasteiger partial charge on any atom is 0.251 e. The number of carbonyl (C=O) groups is 1. The summed E-state index contributed by atoms with van der Waals surface area (Å²) in [5.41, 5.74) is 4.13. The van der Waals surface area contributed by atoms with Crippen LogP contribution in [0.25, 0.3) is 10.2 Å². The number of rotatable bonds is 11. The van der Waals surface area contributed by atoms with Crippen LogP contribution in [0.5, 0.6) is 17.2 Å². The van der Waals surface area contributed by atoms with Crippen LogP contribution in [-0.2, 0) is 0 Å². The summed E-state index contributed by atoms with van der Waals surface area (Å²) in [6.45, 7) is 16.5. The normalized spacial score (nSPS) is 14.1. The first kappa shape index (κ1) is 27.0. The molecule has 0 atom stereocenters. The largest absolute Gasteiger partial charge is 0.490 e. The van der Waals surface area contributed by atoms with Gasteiger partial charge in [-0.05, 0) is 63.9 Å². The highest BCUT2D eigenvalue weighted by Gasteiger charge is 2.21. The lowest BCUT2D eigenvalue weighted by molar-refractivity contribution is 0.0946. The average Bonchev–Trinajstić information content (AvgIpc) is 3.31. The van der Waals surface area contributed by atoms with E-state index in [4.69, 9.17) is 19.2 Å². The number of hydrogen-bond acceptors (Lipinski definition) is 8. The Morgan fingerprint density at radius 1 is 0.946 bits per heavy atom. The molecular formula is C28H38N4O4S. The Bertz CT molecular complexity index is 1190. The molecule has 1 aromatic heterocycles. The Morgan fingerprint density at radius 3 is 2.22 bits per heavy atom. The lowest BCUT2D eigenvalue weighted by Crippen LogP contribution is -2.48. The van der Waals surface area contributed by atoms with E-state index < -0.39 is 0 Å². The van der Waals surface area contributed by atoms with Crippen LogP contribution in [0.3, 0.4) is 0 Å². The summed E-state index contributed by atoms with van der Waals surface area (Å²) in [7, 11) is 0. The summed E-state index contributed by atoms with van der Waals surface area (Å²) >= 11 is 1.78. The van der Waals surface area contributed by atoms with E-state index in [0.29, 0.717) is 49.2 Å². The van der Waals surface area contributed by atoms with Gasteiger partial charge in [-0.25, -0.2) is 4.98 Å². The topological polar surface area (TPSA) is 76.2 Å². The van der Waals surface area contributed by atoms with E-state index in [-0.39, 0.29) is 5.91 Å². The Morgan fingerprint density at radius 2 is 1.59 bits per heavy atom. The van der Waals surface area contributed by atoms with Crippen LogP contribution in [0.15, 0.2) is 24.3 Å². The molecule has 3 aromatic rings. The zero-order valence-electron chi connectivity index (χ0n) is 22.6. The van der Waals surface area contributed by atoms with Crippen molar-refractivity contribution in [3.8, 4) is 17.2 Å². The van der Waals surface area contributed by atoms with Crippen molar-refractivity contribution in [1.29, 1.82) is 0 Å². The molecule has 0 aliphatic carbocycles. The monoisotopic (exact) mass is 526 g/mol. The third-order valence-electron chi connectivity index (χ3n) is 6.35. The minimum Gasteiger partial charge on any atom is -0.490 e. The van der Waals surface area contributed by atoms with Gasteiger partial charge in [-0.15, -0.1) is 0 Å². The highest BCUT2D eigenvalue weighted by atomic mass is 32.1. The summed E-state index contributed by atoms with van der Waals surface area (Å²) in [6.07, 6.45) is 0. The molecular weight excluding hydrogens is 488 g/mol. The van der Waals surface area contributed by atoms with E-state index in [0.717, 1.165) is 43.4 Å². The molecule has 0 radical (unpaired) electrons. The number of amides is 1. The third-order valence-corrected chi connectivity index (χ3v) is 7.41. The Balaban J connectivity index is 1.31. The molecule has 1 N–H and O–H groups in total. The van der Waals surface area contributed by atoms with Crippen LogP contribution in [0, 0.1) is 13.8 Å². The number of aromatic nitrogens is 1. The van der Waals surface area contributed by atoms with Crippen LogP contribution in [-0.4, -0.2) is 74.9 Å². The van der Waals surface area contributed by atoms with E-state index in [1.165, 1.54) is 15.8 Å². The van der Waals surface area contributed by atoms with Gasteiger partial charge in [-0.1, -0.05) is 17.4 Å². The molecule has 0 saturated carbocycles. The van der Waals surface area contributed by atoms with Crippen LogP contribution in [0.2, 0.25) is 0 Å². The summed E-state index contributed by atoms with van der Waals surface area (Å²) < 4.78 is 18.5. The minimum absolute atomic E-state index is 0.149. The van der Waals surface area contributed by atoms with Crippen molar-refractivity contribution in [2.75, 3.05) is 64.0 Å². The average molecular weight is 527 g/mol. The number of nitrogens with one attached hydrogen (secondary N) is 1. The number of carbonyl (C=O) groups excluding carboxylic acids is 1. The van der Waals surface area contributed by atoms with Gasteiger partial charge in [0.15, 0.2) is 16.6 Å². The molecule has 2 aromatic carbocycles. The fourth-order valence-corrected chi connectivity index (χ4v) is 5.80. The highest BCUT2D eigenvalue weighted by molar-refractivity contribution is 7.22. The van der Waals surface area contributed by atoms with Crippen LogP contribution < -0.4 is 24.4 Å². The van der Waals surface area contributed by atoms with Crippen molar-refractivity contribution in [3.63, 3.8) is 0 Å². The minimum atomic E-state index is -0.149. The standard InChI is InChI=1S/C28H38N4O4S/c1-6-34-22-17-21(18-23(35-7-2)26(22)36-8-3)27(33)29-9-10-31-11-13-32(14-12-31)28-30-25-20(5)15-19(4)16-24(25)37-28/h15-18H,6-14H2,1-5H3,(H,29,33). The number of ether oxygens (including phenoxy) is 3. The maximum absolute atomic E-state index is 12.9. The molecule has 0 unspecified atom stereocenters. The van der Waals surface area contributed by atoms with Gasteiger partial charge in [-0.3, -0.25) is 9.69 Å². The van der Waals surface area contributed by atoms with Crippen molar-refractivity contribution in [3.05, 3.63) is 41.0 Å². The molecule has 37 heavy (non-hydrogen) atoms. The predicted molar refractivity (Wildman–Crippen MR) is 150 cm³/mol. The lowest BCUT2D eigenvalue weighted by Gasteiger charge is -2.34. The zero-order valence-corrected chi connectivity index (χ0v) is 23.4. The molecule has 0 spiro atoms. The lowest BCUT2D eigenvalue weighted by atomic mass is 10.1. The third kappa shape index (κ3) is 6.45. The van der Waals surface area contributed by atoms with Crippen molar-refractivity contribution in [2.45, 2.75) is 34.6 Å². The molecule has 2 heterocycles. The van der Waals surface area contributed by atoms with E-state index in [1.54, 1.807) is 23.5 Å². The van der Waals surface area contributed by atoms with Crippen LogP contribution in [0.4, 0.5) is 5.13 Å². The Labute approximate surface area is 223 Å². The number of benzene rings is 2. The van der Waals surface area contributed by atoms with Gasteiger partial charge in [0.25, 0.3) is 5.91 Å². The van der Waals surface area contributed by atoms with Gasteiger partial charge in [0.2, 0.25) is 5.75 Å². The van der Waals surface area contributed by atoms with Crippen molar-refractivity contribution >= 4 is 32.6 Å². The van der Waals surface area contributed by atoms with Crippen LogP contribution in [0.1, 0.15) is 42.3 Å². The molecule has 200 valence electrons. The van der Waals surface area contributed by atoms with E-state index in [1.807, 2.05) is 20.8 Å². The predicted octanol–water partition coefficient (Wildman–Crippen LogP) is 4.66. The number of hydrogen-bond donors (Lipinski definition) is 1. The number of piperazine rings is 1. The van der Waals surface area contributed by atoms with Crippen molar-refractivity contribution in [2.24, 2.45) is 0 Å². The first-order valence-corrected chi connectivity index (χ1v) is 13.9. The molecule has 4 rings (SSSR count). The molecule has 8 nitrogen and oxygen atoms in total. The van der Waals surface area contributed by atoms with Gasteiger partial charge in [0, 0.05) is 44.8 Å². The van der Waals surface area contributed by atoms with E-state index in [9.17, 15) is 4.79 Å². The quantitative estimate of drug-likeness (QED) is 0.389. The summed E-state index contributed by atoms with van der Waals surface area (Å²) in [4.78, 5) is 22.6. The molecule has 1 aliphatic heterocycles. The second-order valence-electron chi connectivity index (χ2n) is 9.11. The van der Waals surface area contributed by atoms with E-state index in [2.05, 4.69) is 41.1 Å². The highest BCUT2D eigenvalue weighted by Crippen LogP contribution is 2.39. The molecule has 9 heteroatoms. The molecule has 1 fully saturated rings. The zero-order chi connectivity index (χ0) is 26.4. The number of aryl methyl sites for hydroxylation is 2. The molecule has 1 amide bonds. The summed E-state index contributed by atoms with van der Waals surface area (Å²) in [5.74, 6) is 1.44. The number of fused-ring (bicyclic) bond motifs is 1. The SMILES string of the molecule is CCOc1cc(C(=O)NCCN2CCN(c3nc4c(C)cc(C)cc4s3)CC2)cc(OCC)c1OCC. The van der Waals surface area contributed by atoms with Crippen molar-refractivity contribution in [1.82, 2.24) is 15.2 Å². The van der Waals surface area contributed by atoms with Gasteiger partial charge >= 0.3 is 0 Å². The van der Waals surface area contributed by atoms with Gasteiger partial charge in [0.05, 0.1) is 30.0 Å². The molecule has 0 bridgehead atoms. The summed E-state index contributed by atoms with van der Waals surface area (Å²) in [5, 5.41) is 4.15. The molecule has 1 aliphatic rings. The van der Waals surface area contributed by atoms with Gasteiger partial charge in [-0.2, -0.15) is 0 Å². The Kier molecular flexibility index (Phi) is 9.10. The first-order valence-electron chi connectivity index (χ1n) is 13.1. The number of nitrogens with zero attached hydrogens (tertiary/aromatic N) is 3. The molecule has 1 saturated heterocycles. The fraction of sp³-hybridized carbons (Fsp3) is 0.500. The first-order chi connectivity index (χ1) is 17.9. The smallest absolute Gasteiger partial charge is 0.251 e. The number of anilines is 1. The van der Waals surface area contributed by atoms with Gasteiger partial charge in [0.1, 0.15) is 0 Å². The van der Waals surface area contributed by atoms with Crippen LogP contribution >= 0.6 is 11.3 Å². The maximum atomic E-state index is 12.9. The van der Waals surface area contributed by atoms with Crippen molar-refractivity contribution < 1.29 is 19.0 Å². The Hall–Kier alpha value is -3.04. The second-order valence-corrected chi connectivity index (χ2v) is 10.1. The van der Waals surface area contributed by atoms with E-state index >= 15 is 0 Å². The second kappa shape index (κ2) is 12.5. The number of thiazole rings is 1.